The topological polar surface area (TPSA) is 0 Å². The molecule has 0 radical (unpaired) electrons. The van der Waals surface area contributed by atoms with Crippen molar-refractivity contribution in [3.63, 3.8) is 0 Å². The molecule has 0 amide bonds. The van der Waals surface area contributed by atoms with E-state index in [9.17, 15) is 0 Å². The van der Waals surface area contributed by atoms with Crippen molar-refractivity contribution in [3.05, 3.63) is 0 Å². The predicted molar refractivity (Wildman–Crippen MR) is 67.8 cm³/mol. The number of thioether (sulfide) groups is 1. The maximum atomic E-state index is 2.43. The number of rotatable bonds is 4. The summed E-state index contributed by atoms with van der Waals surface area (Å²) in [6.45, 7) is 9.56. The van der Waals surface area contributed by atoms with Crippen LogP contribution in [0.1, 0.15) is 47.0 Å². The molecule has 1 fully saturated rings. The van der Waals surface area contributed by atoms with Crippen LogP contribution in [0, 0.1) is 23.7 Å². The molecule has 14 heavy (non-hydrogen) atoms. The first kappa shape index (κ1) is 12.4. The van der Waals surface area contributed by atoms with E-state index < -0.39 is 0 Å². The fourth-order valence-corrected chi connectivity index (χ4v) is 3.95. The molecule has 0 saturated heterocycles. The van der Waals surface area contributed by atoms with Gasteiger partial charge in [-0.2, -0.15) is 11.8 Å². The van der Waals surface area contributed by atoms with Gasteiger partial charge in [0.2, 0.25) is 0 Å². The molecule has 0 heterocycles. The Kier molecular flexibility index (Phi) is 4.82. The second kappa shape index (κ2) is 5.44. The summed E-state index contributed by atoms with van der Waals surface area (Å²) in [5, 5.41) is 0.919. The van der Waals surface area contributed by atoms with Gasteiger partial charge in [-0.3, -0.25) is 0 Å². The normalized spacial score (nSPS) is 35.1. The SMILES string of the molecule is CSC(CC(C)C)C1CC(C)C(C)C1. The summed E-state index contributed by atoms with van der Waals surface area (Å²) < 4.78 is 0. The molecule has 0 spiro atoms. The molecule has 0 aliphatic heterocycles. The van der Waals surface area contributed by atoms with Crippen molar-refractivity contribution in [3.8, 4) is 0 Å². The molecular weight excluding hydrogens is 188 g/mol. The van der Waals surface area contributed by atoms with Crippen LogP contribution in [0.4, 0.5) is 0 Å². The monoisotopic (exact) mass is 214 g/mol. The van der Waals surface area contributed by atoms with Crippen molar-refractivity contribution in [1.82, 2.24) is 0 Å². The van der Waals surface area contributed by atoms with Gasteiger partial charge in [0, 0.05) is 5.25 Å². The van der Waals surface area contributed by atoms with Gasteiger partial charge in [-0.25, -0.2) is 0 Å². The summed E-state index contributed by atoms with van der Waals surface area (Å²) in [5.41, 5.74) is 0. The average molecular weight is 214 g/mol. The van der Waals surface area contributed by atoms with Crippen molar-refractivity contribution in [2.24, 2.45) is 23.7 Å². The smallest absolute Gasteiger partial charge is 0.00751 e. The number of hydrogen-bond donors (Lipinski definition) is 0. The Hall–Kier alpha value is 0.350. The fraction of sp³-hybridized carbons (Fsp3) is 1.00. The third-order valence-corrected chi connectivity index (χ3v) is 5.04. The van der Waals surface area contributed by atoms with Crippen molar-refractivity contribution in [2.75, 3.05) is 6.26 Å². The summed E-state index contributed by atoms with van der Waals surface area (Å²) in [6, 6.07) is 0. The Labute approximate surface area is 94.2 Å². The molecule has 1 aliphatic carbocycles. The molecule has 0 aromatic rings. The van der Waals surface area contributed by atoms with Crippen LogP contribution in [-0.4, -0.2) is 11.5 Å². The largest absolute Gasteiger partial charge is 0.162 e. The highest BCUT2D eigenvalue weighted by molar-refractivity contribution is 7.99. The minimum atomic E-state index is 0.860. The van der Waals surface area contributed by atoms with Gasteiger partial charge in [-0.15, -0.1) is 0 Å². The summed E-state index contributed by atoms with van der Waals surface area (Å²) in [5.74, 6) is 3.78. The Morgan fingerprint density at radius 1 is 1.14 bits per heavy atom. The molecular formula is C13H26S. The van der Waals surface area contributed by atoms with Crippen LogP contribution in [0.2, 0.25) is 0 Å². The van der Waals surface area contributed by atoms with Crippen LogP contribution >= 0.6 is 11.8 Å². The number of hydrogen-bond acceptors (Lipinski definition) is 1. The molecule has 0 nitrogen and oxygen atoms in total. The molecule has 1 aliphatic rings. The van der Waals surface area contributed by atoms with Gasteiger partial charge in [0.05, 0.1) is 0 Å². The average Bonchev–Trinajstić information content (AvgIpc) is 2.42. The van der Waals surface area contributed by atoms with Gasteiger partial charge in [-0.05, 0) is 49.2 Å². The molecule has 3 atom stereocenters. The zero-order chi connectivity index (χ0) is 10.7. The van der Waals surface area contributed by atoms with Crippen LogP contribution in [0.15, 0.2) is 0 Å². The van der Waals surface area contributed by atoms with E-state index in [1.54, 1.807) is 0 Å². The molecule has 1 heteroatoms. The minimum Gasteiger partial charge on any atom is -0.162 e. The lowest BCUT2D eigenvalue weighted by Crippen LogP contribution is -2.17. The quantitative estimate of drug-likeness (QED) is 0.666. The lowest BCUT2D eigenvalue weighted by molar-refractivity contribution is 0.434. The Balaban J connectivity index is 2.46. The second-order valence-corrected chi connectivity index (χ2v) is 6.67. The van der Waals surface area contributed by atoms with E-state index in [2.05, 4.69) is 45.7 Å². The maximum absolute atomic E-state index is 2.43. The van der Waals surface area contributed by atoms with Crippen molar-refractivity contribution < 1.29 is 0 Å². The van der Waals surface area contributed by atoms with E-state index >= 15 is 0 Å². The van der Waals surface area contributed by atoms with E-state index in [1.165, 1.54) is 19.3 Å². The fourth-order valence-electron chi connectivity index (χ4n) is 2.77. The zero-order valence-electron chi connectivity index (χ0n) is 10.4. The first-order chi connectivity index (χ1) is 6.54. The molecule has 1 saturated carbocycles. The van der Waals surface area contributed by atoms with Crippen LogP contribution in [0.3, 0.4) is 0 Å². The van der Waals surface area contributed by atoms with Gasteiger partial charge >= 0.3 is 0 Å². The zero-order valence-corrected chi connectivity index (χ0v) is 11.2. The highest BCUT2D eigenvalue weighted by Gasteiger charge is 2.33. The maximum Gasteiger partial charge on any atom is 0.00751 e. The van der Waals surface area contributed by atoms with Crippen molar-refractivity contribution in [1.29, 1.82) is 0 Å². The lowest BCUT2D eigenvalue weighted by atomic mass is 9.95. The van der Waals surface area contributed by atoms with Crippen LogP contribution in [0.5, 0.6) is 0 Å². The molecule has 1 rings (SSSR count). The highest BCUT2D eigenvalue weighted by Crippen LogP contribution is 2.42. The summed E-state index contributed by atoms with van der Waals surface area (Å²) in [4.78, 5) is 0. The molecule has 3 unspecified atom stereocenters. The van der Waals surface area contributed by atoms with E-state index in [1.807, 2.05) is 0 Å². The Morgan fingerprint density at radius 2 is 1.64 bits per heavy atom. The second-order valence-electron chi connectivity index (χ2n) is 5.59. The van der Waals surface area contributed by atoms with Crippen LogP contribution in [0.25, 0.3) is 0 Å². The predicted octanol–water partition coefficient (Wildman–Crippen LogP) is 4.45. The molecule has 0 N–H and O–H groups in total. The minimum absolute atomic E-state index is 0.860. The molecule has 0 aromatic heterocycles. The first-order valence-electron chi connectivity index (χ1n) is 6.07. The highest BCUT2D eigenvalue weighted by atomic mass is 32.2. The standard InChI is InChI=1S/C13H26S/c1-9(2)6-13(14-5)12-7-10(3)11(4)8-12/h9-13H,6-8H2,1-5H3. The summed E-state index contributed by atoms with van der Waals surface area (Å²) in [7, 11) is 0. The van der Waals surface area contributed by atoms with Gasteiger partial charge in [-0.1, -0.05) is 27.7 Å². The molecule has 0 aromatic carbocycles. The van der Waals surface area contributed by atoms with E-state index in [-0.39, 0.29) is 0 Å². The van der Waals surface area contributed by atoms with Gasteiger partial charge in [0.1, 0.15) is 0 Å². The van der Waals surface area contributed by atoms with Crippen molar-refractivity contribution >= 4 is 11.8 Å². The van der Waals surface area contributed by atoms with Crippen molar-refractivity contribution in [2.45, 2.75) is 52.2 Å². The third kappa shape index (κ3) is 3.18. The molecule has 0 bridgehead atoms. The van der Waals surface area contributed by atoms with Gasteiger partial charge in [0.25, 0.3) is 0 Å². The van der Waals surface area contributed by atoms with Gasteiger partial charge in [0.15, 0.2) is 0 Å². The summed E-state index contributed by atoms with van der Waals surface area (Å²) in [6.07, 6.45) is 6.64. The van der Waals surface area contributed by atoms with E-state index in [0.717, 1.165) is 28.9 Å². The van der Waals surface area contributed by atoms with E-state index in [4.69, 9.17) is 0 Å². The van der Waals surface area contributed by atoms with Crippen LogP contribution < -0.4 is 0 Å². The third-order valence-electron chi connectivity index (χ3n) is 3.85. The van der Waals surface area contributed by atoms with E-state index in [0.29, 0.717) is 0 Å². The lowest BCUT2D eigenvalue weighted by Gasteiger charge is -2.23. The Bertz CT molecular complexity index is 152. The molecule has 84 valence electrons. The first-order valence-corrected chi connectivity index (χ1v) is 7.36. The Morgan fingerprint density at radius 3 is 2.00 bits per heavy atom. The van der Waals surface area contributed by atoms with Crippen LogP contribution in [-0.2, 0) is 0 Å². The van der Waals surface area contributed by atoms with Gasteiger partial charge < -0.3 is 0 Å². The summed E-state index contributed by atoms with van der Waals surface area (Å²) >= 11 is 2.10.